The van der Waals surface area contributed by atoms with E-state index in [-0.39, 0.29) is 36.0 Å². The fraction of sp³-hybridized carbons (Fsp3) is 0.467. The van der Waals surface area contributed by atoms with E-state index in [0.717, 1.165) is 19.4 Å². The summed E-state index contributed by atoms with van der Waals surface area (Å²) >= 11 is 0. The number of nitrogens with one attached hydrogen (secondary N) is 3. The Bertz CT molecular complexity index is 554. The second-order valence-corrected chi connectivity index (χ2v) is 5.43. The normalized spacial score (nSPS) is 20.7. The molecule has 0 radical (unpaired) electrons. The van der Waals surface area contributed by atoms with Crippen molar-refractivity contribution < 1.29 is 14.0 Å². The third-order valence-corrected chi connectivity index (χ3v) is 3.50. The van der Waals surface area contributed by atoms with Gasteiger partial charge < -0.3 is 16.0 Å². The molecule has 5 nitrogen and oxygen atoms in total. The molecule has 1 heterocycles. The summed E-state index contributed by atoms with van der Waals surface area (Å²) in [5.74, 6) is -1.18. The SMILES string of the molecule is CC(=O)Nc1cc(C(=O)NC2CCNC(C)C2)ccc1F.Cl. The minimum atomic E-state index is -0.558. The molecule has 1 aliphatic rings. The summed E-state index contributed by atoms with van der Waals surface area (Å²) in [6, 6.07) is 4.44. The largest absolute Gasteiger partial charge is 0.349 e. The van der Waals surface area contributed by atoms with Crippen molar-refractivity contribution in [3.63, 3.8) is 0 Å². The van der Waals surface area contributed by atoms with Crippen molar-refractivity contribution in [2.45, 2.75) is 38.8 Å². The molecule has 2 amide bonds. The molecule has 2 atom stereocenters. The Morgan fingerprint density at radius 3 is 2.73 bits per heavy atom. The first-order valence-corrected chi connectivity index (χ1v) is 7.07. The van der Waals surface area contributed by atoms with Crippen LogP contribution in [0, 0.1) is 5.82 Å². The van der Waals surface area contributed by atoms with E-state index < -0.39 is 5.82 Å². The van der Waals surface area contributed by atoms with E-state index in [4.69, 9.17) is 0 Å². The molecule has 1 aromatic carbocycles. The van der Waals surface area contributed by atoms with Gasteiger partial charge in [0.2, 0.25) is 5.91 Å². The number of halogens is 2. The highest BCUT2D eigenvalue weighted by Crippen LogP contribution is 2.17. The summed E-state index contributed by atoms with van der Waals surface area (Å²) < 4.78 is 13.5. The van der Waals surface area contributed by atoms with Crippen molar-refractivity contribution in [1.82, 2.24) is 10.6 Å². The lowest BCUT2D eigenvalue weighted by atomic mass is 10.00. The summed E-state index contributed by atoms with van der Waals surface area (Å²) in [7, 11) is 0. The molecule has 2 unspecified atom stereocenters. The number of hydrogen-bond acceptors (Lipinski definition) is 3. The van der Waals surface area contributed by atoms with Crippen molar-refractivity contribution in [3.8, 4) is 0 Å². The van der Waals surface area contributed by atoms with Gasteiger partial charge in [-0.2, -0.15) is 0 Å². The number of hydrogen-bond donors (Lipinski definition) is 3. The van der Waals surface area contributed by atoms with Gasteiger partial charge in [-0.15, -0.1) is 12.4 Å². The van der Waals surface area contributed by atoms with Crippen molar-refractivity contribution in [3.05, 3.63) is 29.6 Å². The summed E-state index contributed by atoms with van der Waals surface area (Å²) in [5, 5.41) is 8.64. The van der Waals surface area contributed by atoms with Gasteiger partial charge in [-0.25, -0.2) is 4.39 Å². The number of carbonyl (C=O) groups is 2. The maximum atomic E-state index is 13.5. The van der Waals surface area contributed by atoms with Crippen LogP contribution in [0.2, 0.25) is 0 Å². The van der Waals surface area contributed by atoms with Crippen LogP contribution in [0.25, 0.3) is 0 Å². The van der Waals surface area contributed by atoms with Gasteiger partial charge in [-0.1, -0.05) is 0 Å². The highest BCUT2D eigenvalue weighted by molar-refractivity contribution is 5.97. The Balaban J connectivity index is 0.00000242. The van der Waals surface area contributed by atoms with Crippen LogP contribution in [0.5, 0.6) is 0 Å². The standard InChI is InChI=1S/C15H20FN3O2.ClH/c1-9-7-12(5-6-17-9)19-15(21)11-3-4-13(16)14(8-11)18-10(2)20;/h3-4,8-9,12,17H,5-7H2,1-2H3,(H,18,20)(H,19,21);1H. The molecule has 0 aromatic heterocycles. The molecule has 22 heavy (non-hydrogen) atoms. The zero-order chi connectivity index (χ0) is 15.4. The highest BCUT2D eigenvalue weighted by atomic mass is 35.5. The first-order chi connectivity index (χ1) is 9.95. The van der Waals surface area contributed by atoms with Crippen molar-refractivity contribution in [1.29, 1.82) is 0 Å². The topological polar surface area (TPSA) is 70.2 Å². The first kappa shape index (κ1) is 18.4. The molecule has 3 N–H and O–H groups in total. The van der Waals surface area contributed by atoms with Gasteiger partial charge in [0.15, 0.2) is 0 Å². The average Bonchev–Trinajstić information content (AvgIpc) is 2.40. The van der Waals surface area contributed by atoms with Gasteiger partial charge in [0.1, 0.15) is 5.82 Å². The summed E-state index contributed by atoms with van der Waals surface area (Å²) in [5.41, 5.74) is 0.361. The minimum absolute atomic E-state index is 0. The molecule has 2 rings (SSSR count). The fourth-order valence-electron chi connectivity index (χ4n) is 2.48. The lowest BCUT2D eigenvalue weighted by Gasteiger charge is -2.28. The van der Waals surface area contributed by atoms with E-state index in [1.807, 2.05) is 0 Å². The molecule has 0 spiro atoms. The number of piperidine rings is 1. The van der Waals surface area contributed by atoms with Crippen molar-refractivity contribution in [2.75, 3.05) is 11.9 Å². The van der Waals surface area contributed by atoms with Crippen LogP contribution < -0.4 is 16.0 Å². The zero-order valence-corrected chi connectivity index (χ0v) is 13.4. The summed E-state index contributed by atoms with van der Waals surface area (Å²) in [6.45, 7) is 4.24. The third kappa shape index (κ3) is 4.96. The monoisotopic (exact) mass is 329 g/mol. The predicted octanol–water partition coefficient (Wildman–Crippen LogP) is 2.08. The lowest BCUT2D eigenvalue weighted by Crippen LogP contribution is -2.46. The van der Waals surface area contributed by atoms with Crippen molar-refractivity contribution >= 4 is 29.9 Å². The predicted molar refractivity (Wildman–Crippen MR) is 85.9 cm³/mol. The maximum Gasteiger partial charge on any atom is 0.251 e. The average molecular weight is 330 g/mol. The Kier molecular flexibility index (Phi) is 6.77. The van der Waals surface area contributed by atoms with Crippen molar-refractivity contribution in [2.24, 2.45) is 0 Å². The van der Waals surface area contributed by atoms with Crippen LogP contribution in [0.1, 0.15) is 37.0 Å². The van der Waals surface area contributed by atoms with Gasteiger partial charge in [0.05, 0.1) is 5.69 Å². The maximum absolute atomic E-state index is 13.5. The van der Waals surface area contributed by atoms with Crippen LogP contribution in [0.4, 0.5) is 10.1 Å². The van der Waals surface area contributed by atoms with Crippen LogP contribution in [0.15, 0.2) is 18.2 Å². The summed E-state index contributed by atoms with van der Waals surface area (Å²) in [6.07, 6.45) is 1.74. The molecule has 1 aromatic rings. The number of benzene rings is 1. The molecule has 0 aliphatic carbocycles. The molecular formula is C15H21ClFN3O2. The van der Waals surface area contributed by atoms with E-state index in [2.05, 4.69) is 22.9 Å². The highest BCUT2D eigenvalue weighted by Gasteiger charge is 2.21. The Labute approximate surface area is 135 Å². The molecule has 0 bridgehead atoms. The minimum Gasteiger partial charge on any atom is -0.349 e. The number of amides is 2. The fourth-order valence-corrected chi connectivity index (χ4v) is 2.48. The number of carbonyl (C=O) groups excluding carboxylic acids is 2. The second kappa shape index (κ2) is 8.10. The zero-order valence-electron chi connectivity index (χ0n) is 12.6. The molecule has 0 saturated carbocycles. The molecular weight excluding hydrogens is 309 g/mol. The number of rotatable bonds is 3. The third-order valence-electron chi connectivity index (χ3n) is 3.50. The molecule has 1 fully saturated rings. The number of anilines is 1. The Morgan fingerprint density at radius 1 is 1.36 bits per heavy atom. The van der Waals surface area contributed by atoms with Gasteiger partial charge in [0, 0.05) is 24.6 Å². The lowest BCUT2D eigenvalue weighted by molar-refractivity contribution is -0.114. The van der Waals surface area contributed by atoms with E-state index in [9.17, 15) is 14.0 Å². The second-order valence-electron chi connectivity index (χ2n) is 5.43. The van der Waals surface area contributed by atoms with Crippen LogP contribution in [-0.4, -0.2) is 30.4 Å². The van der Waals surface area contributed by atoms with Gasteiger partial charge >= 0.3 is 0 Å². The summed E-state index contributed by atoms with van der Waals surface area (Å²) in [4.78, 5) is 23.2. The molecule has 1 saturated heterocycles. The van der Waals surface area contributed by atoms with Crippen LogP contribution in [-0.2, 0) is 4.79 Å². The van der Waals surface area contributed by atoms with E-state index in [1.165, 1.54) is 25.1 Å². The molecule has 122 valence electrons. The Hall–Kier alpha value is -1.66. The van der Waals surface area contributed by atoms with Gasteiger partial charge in [0.25, 0.3) is 5.91 Å². The quantitative estimate of drug-likeness (QED) is 0.795. The smallest absolute Gasteiger partial charge is 0.251 e. The Morgan fingerprint density at radius 2 is 2.09 bits per heavy atom. The van der Waals surface area contributed by atoms with E-state index in [1.54, 1.807) is 0 Å². The van der Waals surface area contributed by atoms with Gasteiger partial charge in [-0.05, 0) is 44.5 Å². The van der Waals surface area contributed by atoms with Crippen LogP contribution >= 0.6 is 12.4 Å². The van der Waals surface area contributed by atoms with E-state index in [0.29, 0.717) is 11.6 Å². The molecule has 1 aliphatic heterocycles. The van der Waals surface area contributed by atoms with Crippen LogP contribution in [0.3, 0.4) is 0 Å². The van der Waals surface area contributed by atoms with E-state index >= 15 is 0 Å². The van der Waals surface area contributed by atoms with Gasteiger partial charge in [-0.3, -0.25) is 9.59 Å². The molecule has 7 heteroatoms. The first-order valence-electron chi connectivity index (χ1n) is 7.07.